The molecule has 3 aromatic rings. The van der Waals surface area contributed by atoms with E-state index in [0.29, 0.717) is 30.5 Å². The number of nitrogens with one attached hydrogen (secondary N) is 1. The number of carbonyl (C=O) groups excluding carboxylic acids is 1. The molecule has 194 valence electrons. The van der Waals surface area contributed by atoms with Crippen LogP contribution in [0.25, 0.3) is 16.7 Å². The van der Waals surface area contributed by atoms with Crippen molar-refractivity contribution in [3.63, 3.8) is 0 Å². The van der Waals surface area contributed by atoms with Crippen LogP contribution in [0.15, 0.2) is 36.5 Å². The highest BCUT2D eigenvalue weighted by Crippen LogP contribution is 2.28. The number of benzene rings is 1. The van der Waals surface area contributed by atoms with E-state index >= 15 is 0 Å². The summed E-state index contributed by atoms with van der Waals surface area (Å²) in [5, 5.41) is 9.29. The monoisotopic (exact) mass is 514 g/mol. The van der Waals surface area contributed by atoms with Gasteiger partial charge in [0.15, 0.2) is 5.82 Å². The second-order valence-corrected chi connectivity index (χ2v) is 10.7. The van der Waals surface area contributed by atoms with Crippen LogP contribution < -0.4 is 10.1 Å². The molecule has 0 bridgehead atoms. The van der Waals surface area contributed by atoms with Crippen molar-refractivity contribution >= 4 is 34.4 Å². The smallest absolute Gasteiger partial charge is 0.410 e. The molecular weight excluding hydrogens is 480 g/mol. The molecule has 4 rings (SSSR count). The Morgan fingerprint density at radius 1 is 1.14 bits per heavy atom. The number of aromatic nitrogens is 3. The maximum absolute atomic E-state index is 12.2. The predicted molar refractivity (Wildman–Crippen MR) is 142 cm³/mol. The zero-order valence-corrected chi connectivity index (χ0v) is 22.4. The van der Waals surface area contributed by atoms with Crippen molar-refractivity contribution in [2.45, 2.75) is 46.3 Å². The molecule has 0 atom stereocenters. The van der Waals surface area contributed by atoms with E-state index in [1.165, 1.54) is 0 Å². The SMILES string of the molecule is CC(C)Nc1ccn(-c2cc(Cl)c3ccc(OCCN4CCN(C(=O)OC(C)(C)C)CC4)cc3n2)n1. The summed E-state index contributed by atoms with van der Waals surface area (Å²) in [6, 6.07) is 9.75. The van der Waals surface area contributed by atoms with Crippen LogP contribution in [0.4, 0.5) is 10.6 Å². The summed E-state index contributed by atoms with van der Waals surface area (Å²) in [5.74, 6) is 2.16. The summed E-state index contributed by atoms with van der Waals surface area (Å²) in [5.41, 5.74) is 0.267. The van der Waals surface area contributed by atoms with Crippen LogP contribution in [0.2, 0.25) is 5.02 Å². The van der Waals surface area contributed by atoms with Crippen molar-refractivity contribution < 1.29 is 14.3 Å². The first-order valence-electron chi connectivity index (χ1n) is 12.3. The van der Waals surface area contributed by atoms with Gasteiger partial charge < -0.3 is 19.7 Å². The van der Waals surface area contributed by atoms with Gasteiger partial charge in [0.25, 0.3) is 0 Å². The molecule has 1 fully saturated rings. The Kier molecular flexibility index (Phi) is 7.90. The van der Waals surface area contributed by atoms with Crippen LogP contribution in [0.3, 0.4) is 0 Å². The van der Waals surface area contributed by atoms with E-state index in [2.05, 4.69) is 29.2 Å². The van der Waals surface area contributed by atoms with Gasteiger partial charge in [-0.1, -0.05) is 11.6 Å². The average Bonchev–Trinajstić information content (AvgIpc) is 3.26. The van der Waals surface area contributed by atoms with E-state index in [0.717, 1.165) is 42.1 Å². The quantitative estimate of drug-likeness (QED) is 0.483. The van der Waals surface area contributed by atoms with Crippen molar-refractivity contribution in [2.24, 2.45) is 0 Å². The van der Waals surface area contributed by atoms with Gasteiger partial charge in [-0.3, -0.25) is 4.90 Å². The number of pyridine rings is 1. The Hall–Kier alpha value is -3.04. The first-order valence-corrected chi connectivity index (χ1v) is 12.7. The third kappa shape index (κ3) is 6.79. The fourth-order valence-corrected chi connectivity index (χ4v) is 4.21. The predicted octanol–water partition coefficient (Wildman–Crippen LogP) is 4.83. The molecule has 1 aliphatic rings. The number of fused-ring (bicyclic) bond motifs is 1. The molecule has 1 saturated heterocycles. The Bertz CT molecular complexity index is 1200. The highest BCUT2D eigenvalue weighted by molar-refractivity contribution is 6.35. The van der Waals surface area contributed by atoms with Crippen LogP contribution in [0, 0.1) is 0 Å². The largest absolute Gasteiger partial charge is 0.492 e. The lowest BCUT2D eigenvalue weighted by Gasteiger charge is -2.35. The molecule has 1 N–H and O–H groups in total. The average molecular weight is 515 g/mol. The number of ether oxygens (including phenoxy) is 2. The number of carbonyl (C=O) groups is 1. The molecule has 3 heterocycles. The second-order valence-electron chi connectivity index (χ2n) is 10.2. The first-order chi connectivity index (χ1) is 17.1. The van der Waals surface area contributed by atoms with Crippen LogP contribution in [-0.4, -0.2) is 81.6 Å². The maximum Gasteiger partial charge on any atom is 0.410 e. The molecule has 1 amide bonds. The summed E-state index contributed by atoms with van der Waals surface area (Å²) in [7, 11) is 0. The number of anilines is 1. The topological polar surface area (TPSA) is 84.8 Å². The van der Waals surface area contributed by atoms with Crippen molar-refractivity contribution in [1.82, 2.24) is 24.6 Å². The van der Waals surface area contributed by atoms with Crippen molar-refractivity contribution in [2.75, 3.05) is 44.6 Å². The number of halogens is 1. The minimum absolute atomic E-state index is 0.248. The summed E-state index contributed by atoms with van der Waals surface area (Å²) >= 11 is 6.55. The molecule has 1 aromatic carbocycles. The van der Waals surface area contributed by atoms with Crippen LogP contribution in [0.1, 0.15) is 34.6 Å². The first kappa shape index (κ1) is 26.0. The van der Waals surface area contributed by atoms with E-state index in [9.17, 15) is 4.79 Å². The summed E-state index contributed by atoms with van der Waals surface area (Å²) in [6.45, 7) is 14.0. The molecule has 0 saturated carbocycles. The number of hydrogen-bond donors (Lipinski definition) is 1. The van der Waals surface area contributed by atoms with E-state index in [-0.39, 0.29) is 12.1 Å². The van der Waals surface area contributed by atoms with E-state index < -0.39 is 5.60 Å². The highest BCUT2D eigenvalue weighted by Gasteiger charge is 2.25. The molecule has 36 heavy (non-hydrogen) atoms. The number of piperazine rings is 1. The lowest BCUT2D eigenvalue weighted by molar-refractivity contribution is 0.0137. The Balaban J connectivity index is 1.33. The van der Waals surface area contributed by atoms with Crippen LogP contribution in [-0.2, 0) is 4.74 Å². The van der Waals surface area contributed by atoms with Gasteiger partial charge in [0.05, 0.1) is 10.5 Å². The molecule has 9 nitrogen and oxygen atoms in total. The van der Waals surface area contributed by atoms with E-state index in [1.54, 1.807) is 9.58 Å². The van der Waals surface area contributed by atoms with Crippen LogP contribution >= 0.6 is 11.6 Å². The second kappa shape index (κ2) is 10.9. The standard InChI is InChI=1S/C26H35ClN6O3/c1-18(2)28-23-8-9-33(30-23)24-17-21(27)20-7-6-19(16-22(20)29-24)35-15-14-31-10-12-32(13-11-31)25(34)36-26(3,4)5/h6-9,16-18H,10-15H2,1-5H3,(H,28,30). The molecule has 1 aliphatic heterocycles. The van der Waals surface area contributed by atoms with Gasteiger partial charge in [0.2, 0.25) is 0 Å². The summed E-state index contributed by atoms with van der Waals surface area (Å²) < 4.78 is 13.2. The number of hydrogen-bond acceptors (Lipinski definition) is 7. The third-order valence-electron chi connectivity index (χ3n) is 5.68. The van der Waals surface area contributed by atoms with Crippen molar-refractivity contribution in [3.8, 4) is 11.6 Å². The zero-order chi connectivity index (χ0) is 25.9. The summed E-state index contributed by atoms with van der Waals surface area (Å²) in [4.78, 5) is 21.1. The van der Waals surface area contributed by atoms with Gasteiger partial charge in [-0.2, -0.15) is 0 Å². The number of rotatable bonds is 7. The van der Waals surface area contributed by atoms with Gasteiger partial charge >= 0.3 is 6.09 Å². The van der Waals surface area contributed by atoms with Crippen molar-refractivity contribution in [1.29, 1.82) is 0 Å². The molecule has 0 radical (unpaired) electrons. The van der Waals surface area contributed by atoms with Crippen molar-refractivity contribution in [3.05, 3.63) is 41.6 Å². The van der Waals surface area contributed by atoms with Gasteiger partial charge in [0, 0.05) is 68.5 Å². The molecule has 0 spiro atoms. The summed E-state index contributed by atoms with van der Waals surface area (Å²) in [6.07, 6.45) is 1.61. The van der Waals surface area contributed by atoms with Gasteiger partial charge in [-0.05, 0) is 46.8 Å². The minimum Gasteiger partial charge on any atom is -0.492 e. The Morgan fingerprint density at radius 3 is 2.58 bits per heavy atom. The van der Waals surface area contributed by atoms with Gasteiger partial charge in [-0.25, -0.2) is 14.5 Å². The zero-order valence-electron chi connectivity index (χ0n) is 21.6. The Morgan fingerprint density at radius 2 is 1.89 bits per heavy atom. The maximum atomic E-state index is 12.2. The molecule has 2 aromatic heterocycles. The lowest BCUT2D eigenvalue weighted by atomic mass is 10.2. The molecule has 10 heteroatoms. The fourth-order valence-electron chi connectivity index (χ4n) is 3.96. The van der Waals surface area contributed by atoms with Gasteiger partial charge in [-0.15, -0.1) is 5.10 Å². The highest BCUT2D eigenvalue weighted by atomic mass is 35.5. The fraction of sp³-hybridized carbons (Fsp3) is 0.500. The molecular formula is C26H35ClN6O3. The van der Waals surface area contributed by atoms with E-state index in [4.69, 9.17) is 26.1 Å². The lowest BCUT2D eigenvalue weighted by Crippen LogP contribution is -2.50. The van der Waals surface area contributed by atoms with Crippen LogP contribution in [0.5, 0.6) is 5.75 Å². The number of nitrogens with zero attached hydrogens (tertiary/aromatic N) is 5. The minimum atomic E-state index is -0.478. The Labute approximate surface area is 217 Å². The normalized spacial score (nSPS) is 14.9. The van der Waals surface area contributed by atoms with E-state index in [1.807, 2.05) is 57.3 Å². The van der Waals surface area contributed by atoms with Gasteiger partial charge in [0.1, 0.15) is 23.8 Å². The molecule has 0 aliphatic carbocycles. The number of amides is 1. The third-order valence-corrected chi connectivity index (χ3v) is 5.99. The molecule has 0 unspecified atom stereocenters.